The van der Waals surface area contributed by atoms with Crippen LogP contribution in [0, 0.1) is 0 Å². The van der Waals surface area contributed by atoms with Gasteiger partial charge in [0.1, 0.15) is 0 Å². The van der Waals surface area contributed by atoms with Gasteiger partial charge in [0.15, 0.2) is 11.5 Å². The normalized spacial score (nSPS) is 14.5. The van der Waals surface area contributed by atoms with E-state index in [4.69, 9.17) is 25.8 Å². The van der Waals surface area contributed by atoms with Gasteiger partial charge in [0, 0.05) is 43.2 Å². The Balaban J connectivity index is 1.67. The zero-order valence-electron chi connectivity index (χ0n) is 17.7. The Morgan fingerprint density at radius 3 is 2.30 bits per heavy atom. The van der Waals surface area contributed by atoms with Gasteiger partial charge in [-0.15, -0.1) is 11.8 Å². The van der Waals surface area contributed by atoms with Crippen molar-refractivity contribution >= 4 is 29.3 Å². The molecule has 0 bridgehead atoms. The molecule has 0 unspecified atom stereocenters. The first-order chi connectivity index (χ1) is 14.5. The summed E-state index contributed by atoms with van der Waals surface area (Å²) in [5.41, 5.74) is 1.59. The van der Waals surface area contributed by atoms with Crippen LogP contribution < -0.4 is 14.2 Å². The number of carbonyl (C=O) groups is 1. The molecule has 2 aromatic rings. The second kappa shape index (κ2) is 10.3. The third kappa shape index (κ3) is 4.79. The van der Waals surface area contributed by atoms with E-state index in [-0.39, 0.29) is 5.91 Å². The van der Waals surface area contributed by atoms with Gasteiger partial charge in [-0.3, -0.25) is 9.69 Å². The molecule has 0 aromatic heterocycles. The molecule has 162 valence electrons. The molecule has 0 atom stereocenters. The summed E-state index contributed by atoms with van der Waals surface area (Å²) in [5, 5.41) is 0.496. The highest BCUT2D eigenvalue weighted by Crippen LogP contribution is 2.40. The Hall–Kier alpha value is -2.09. The third-order valence-corrected chi connectivity index (χ3v) is 6.30. The lowest BCUT2D eigenvalue weighted by molar-refractivity contribution is 0.0627. The number of hydrogen-bond donors (Lipinski definition) is 0. The molecular formula is C22H27ClN2O4S. The van der Waals surface area contributed by atoms with Crippen molar-refractivity contribution in [3.63, 3.8) is 0 Å². The molecule has 0 saturated carbocycles. The van der Waals surface area contributed by atoms with Gasteiger partial charge < -0.3 is 19.1 Å². The fraction of sp³-hybridized carbons (Fsp3) is 0.409. The Kier molecular flexibility index (Phi) is 7.75. The molecule has 0 aliphatic carbocycles. The van der Waals surface area contributed by atoms with Crippen LogP contribution in [0.15, 0.2) is 35.2 Å². The molecule has 2 aromatic carbocycles. The number of carbonyl (C=O) groups excluding carboxylic acids is 1. The maximum Gasteiger partial charge on any atom is 0.255 e. The zero-order chi connectivity index (χ0) is 21.7. The summed E-state index contributed by atoms with van der Waals surface area (Å²) < 4.78 is 16.4. The number of benzene rings is 2. The Labute approximate surface area is 187 Å². The van der Waals surface area contributed by atoms with E-state index < -0.39 is 0 Å². The second-order valence-corrected chi connectivity index (χ2v) is 8.19. The number of nitrogens with zero attached hydrogens (tertiary/aromatic N) is 2. The predicted molar refractivity (Wildman–Crippen MR) is 121 cm³/mol. The fourth-order valence-corrected chi connectivity index (χ4v) is 4.24. The van der Waals surface area contributed by atoms with Gasteiger partial charge in [0.05, 0.1) is 31.9 Å². The summed E-state index contributed by atoms with van der Waals surface area (Å²) in [6.45, 7) is 3.53. The molecule has 1 saturated heterocycles. The molecule has 6 nitrogen and oxygen atoms in total. The third-order valence-electron chi connectivity index (χ3n) is 5.24. The first kappa shape index (κ1) is 22.6. The maximum absolute atomic E-state index is 13.0. The Morgan fingerprint density at radius 2 is 1.70 bits per heavy atom. The van der Waals surface area contributed by atoms with Gasteiger partial charge in [-0.05, 0) is 30.5 Å². The highest BCUT2D eigenvalue weighted by atomic mass is 35.5. The van der Waals surface area contributed by atoms with Crippen molar-refractivity contribution in [1.29, 1.82) is 0 Å². The molecule has 3 rings (SSSR count). The van der Waals surface area contributed by atoms with Crippen molar-refractivity contribution in [2.75, 3.05) is 53.8 Å². The summed E-state index contributed by atoms with van der Waals surface area (Å²) in [5.74, 6) is 1.89. The second-order valence-electron chi connectivity index (χ2n) is 6.91. The summed E-state index contributed by atoms with van der Waals surface area (Å²) >= 11 is 7.88. The molecule has 0 N–H and O–H groups in total. The molecular weight excluding hydrogens is 424 g/mol. The van der Waals surface area contributed by atoms with Crippen molar-refractivity contribution in [3.8, 4) is 17.2 Å². The highest BCUT2D eigenvalue weighted by molar-refractivity contribution is 7.98. The lowest BCUT2D eigenvalue weighted by Crippen LogP contribution is -2.48. The monoisotopic (exact) mass is 450 g/mol. The van der Waals surface area contributed by atoms with E-state index in [2.05, 4.69) is 4.90 Å². The molecule has 1 amide bonds. The van der Waals surface area contributed by atoms with Crippen LogP contribution in [0.4, 0.5) is 0 Å². The smallest absolute Gasteiger partial charge is 0.255 e. The van der Waals surface area contributed by atoms with E-state index in [1.807, 2.05) is 35.4 Å². The van der Waals surface area contributed by atoms with Crippen LogP contribution >= 0.6 is 23.4 Å². The Bertz CT molecular complexity index is 901. The van der Waals surface area contributed by atoms with Crippen molar-refractivity contribution in [2.24, 2.45) is 0 Å². The number of thioether (sulfide) groups is 1. The lowest BCUT2D eigenvalue weighted by Gasteiger charge is -2.35. The molecule has 1 fully saturated rings. The number of amides is 1. The van der Waals surface area contributed by atoms with Crippen LogP contribution in [0.2, 0.25) is 5.02 Å². The minimum Gasteiger partial charge on any atom is -0.493 e. The van der Waals surface area contributed by atoms with Gasteiger partial charge in [-0.2, -0.15) is 0 Å². The topological polar surface area (TPSA) is 51.2 Å². The van der Waals surface area contributed by atoms with Crippen LogP contribution in [0.5, 0.6) is 17.2 Å². The van der Waals surface area contributed by atoms with Gasteiger partial charge in [0.25, 0.3) is 5.91 Å². The highest BCUT2D eigenvalue weighted by Gasteiger charge is 2.25. The molecule has 0 spiro atoms. The summed E-state index contributed by atoms with van der Waals surface area (Å²) in [7, 11) is 4.84. The van der Waals surface area contributed by atoms with E-state index in [1.54, 1.807) is 39.2 Å². The van der Waals surface area contributed by atoms with Gasteiger partial charge in [-0.1, -0.05) is 17.7 Å². The van der Waals surface area contributed by atoms with E-state index in [1.165, 1.54) is 0 Å². The van der Waals surface area contributed by atoms with Crippen molar-refractivity contribution in [1.82, 2.24) is 9.80 Å². The minimum absolute atomic E-state index is 0.0146. The number of ether oxygens (including phenoxy) is 3. The van der Waals surface area contributed by atoms with Crippen LogP contribution in [0.25, 0.3) is 0 Å². The molecule has 30 heavy (non-hydrogen) atoms. The van der Waals surface area contributed by atoms with Crippen LogP contribution in [0.3, 0.4) is 0 Å². The summed E-state index contributed by atoms with van der Waals surface area (Å²) in [6.07, 6.45) is 1.98. The largest absolute Gasteiger partial charge is 0.493 e. The number of methoxy groups -OCH3 is 3. The molecule has 0 radical (unpaired) electrons. The molecule has 8 heteroatoms. The predicted octanol–water partition coefficient (Wildman–Crippen LogP) is 4.05. The van der Waals surface area contributed by atoms with Crippen molar-refractivity contribution in [3.05, 3.63) is 46.5 Å². The number of piperazine rings is 1. The van der Waals surface area contributed by atoms with E-state index in [0.717, 1.165) is 23.5 Å². The zero-order valence-corrected chi connectivity index (χ0v) is 19.3. The Morgan fingerprint density at radius 1 is 1.00 bits per heavy atom. The first-order valence-corrected chi connectivity index (χ1v) is 11.3. The van der Waals surface area contributed by atoms with Crippen LogP contribution in [-0.2, 0) is 6.54 Å². The van der Waals surface area contributed by atoms with Gasteiger partial charge in [0.2, 0.25) is 5.75 Å². The van der Waals surface area contributed by atoms with E-state index in [9.17, 15) is 4.79 Å². The fourth-order valence-electron chi connectivity index (χ4n) is 3.60. The number of halogens is 1. The lowest BCUT2D eigenvalue weighted by atomic mass is 10.1. The number of hydrogen-bond acceptors (Lipinski definition) is 6. The van der Waals surface area contributed by atoms with E-state index in [0.29, 0.717) is 47.5 Å². The molecule has 1 aliphatic heterocycles. The van der Waals surface area contributed by atoms with Crippen LogP contribution in [-0.4, -0.2) is 69.5 Å². The van der Waals surface area contributed by atoms with Gasteiger partial charge in [-0.25, -0.2) is 0 Å². The molecule has 1 heterocycles. The summed E-state index contributed by atoms with van der Waals surface area (Å²) in [6, 6.07) is 9.47. The van der Waals surface area contributed by atoms with Crippen molar-refractivity contribution < 1.29 is 19.0 Å². The van der Waals surface area contributed by atoms with Gasteiger partial charge >= 0.3 is 0 Å². The van der Waals surface area contributed by atoms with Crippen LogP contribution in [0.1, 0.15) is 15.9 Å². The SMILES string of the molecule is COc1ccc(CN2CCN(C(=O)c3cc(SC)ccc3Cl)CC2)c(OC)c1OC. The quantitative estimate of drug-likeness (QED) is 0.593. The average Bonchev–Trinajstić information content (AvgIpc) is 2.79. The van der Waals surface area contributed by atoms with Crippen molar-refractivity contribution in [2.45, 2.75) is 11.4 Å². The first-order valence-electron chi connectivity index (χ1n) is 9.65. The minimum atomic E-state index is -0.0146. The summed E-state index contributed by atoms with van der Waals surface area (Å²) in [4.78, 5) is 18.2. The standard InChI is InChI=1S/C22H27ClN2O4S/c1-27-19-8-5-15(20(28-2)21(19)29-3)14-24-9-11-25(12-10-24)22(26)17-13-16(30-4)6-7-18(17)23/h5-8,13H,9-12,14H2,1-4H3. The number of rotatable bonds is 7. The molecule has 1 aliphatic rings. The maximum atomic E-state index is 13.0. The average molecular weight is 451 g/mol. The van der Waals surface area contributed by atoms with E-state index >= 15 is 0 Å².